The summed E-state index contributed by atoms with van der Waals surface area (Å²) < 4.78 is 23.1. The van der Waals surface area contributed by atoms with Gasteiger partial charge in [0.05, 0.1) is 12.4 Å². The quantitative estimate of drug-likeness (QED) is 0.891. The van der Waals surface area contributed by atoms with Gasteiger partial charge in [-0.3, -0.25) is 0 Å². The zero-order valence-electron chi connectivity index (χ0n) is 9.85. The van der Waals surface area contributed by atoms with E-state index in [1.165, 1.54) is 6.26 Å². The highest BCUT2D eigenvalue weighted by molar-refractivity contribution is 9.10. The zero-order valence-corrected chi connectivity index (χ0v) is 12.3. The fourth-order valence-electron chi connectivity index (χ4n) is 1.48. The maximum Gasteiger partial charge on any atom is 0.149 e. The van der Waals surface area contributed by atoms with Crippen molar-refractivity contribution in [2.45, 2.75) is 6.61 Å². The molecule has 6 heteroatoms. The summed E-state index contributed by atoms with van der Waals surface area (Å²) in [5, 5.41) is 9.25. The number of sulfone groups is 1. The molecule has 0 aromatic heterocycles. The standard InChI is InChI=1S/C11H16BrNO3S/c1-13(5-6-17(2,15)16)11-4-3-10(12)7-9(11)8-14/h3-4,7,14H,5-6,8H2,1-2H3. The van der Waals surface area contributed by atoms with Crippen molar-refractivity contribution < 1.29 is 13.5 Å². The molecule has 1 N–H and O–H groups in total. The molecule has 0 saturated carbocycles. The number of anilines is 1. The van der Waals surface area contributed by atoms with Crippen molar-refractivity contribution >= 4 is 31.5 Å². The molecule has 0 spiro atoms. The van der Waals surface area contributed by atoms with Crippen LogP contribution in [0, 0.1) is 0 Å². The van der Waals surface area contributed by atoms with Crippen LogP contribution in [0.1, 0.15) is 5.56 Å². The lowest BCUT2D eigenvalue weighted by molar-refractivity contribution is 0.282. The van der Waals surface area contributed by atoms with Crippen molar-refractivity contribution in [1.82, 2.24) is 0 Å². The van der Waals surface area contributed by atoms with Crippen LogP contribution in [0.5, 0.6) is 0 Å². The van der Waals surface area contributed by atoms with Gasteiger partial charge in [-0.05, 0) is 18.2 Å². The van der Waals surface area contributed by atoms with Gasteiger partial charge in [0.1, 0.15) is 9.84 Å². The van der Waals surface area contributed by atoms with Crippen molar-refractivity contribution in [3.05, 3.63) is 28.2 Å². The third-order valence-electron chi connectivity index (χ3n) is 2.42. The molecule has 1 aromatic carbocycles. The normalized spacial score (nSPS) is 11.5. The number of halogens is 1. The minimum Gasteiger partial charge on any atom is -0.392 e. The molecule has 0 saturated heterocycles. The lowest BCUT2D eigenvalue weighted by Crippen LogP contribution is -2.25. The van der Waals surface area contributed by atoms with E-state index >= 15 is 0 Å². The molecule has 1 rings (SSSR count). The molecular formula is C11H16BrNO3S. The van der Waals surface area contributed by atoms with Crippen LogP contribution in [0.25, 0.3) is 0 Å². The number of aliphatic hydroxyl groups excluding tert-OH is 1. The Kier molecular flexibility index (Phi) is 4.97. The van der Waals surface area contributed by atoms with Gasteiger partial charge in [0.2, 0.25) is 0 Å². The van der Waals surface area contributed by atoms with Crippen LogP contribution in [0.15, 0.2) is 22.7 Å². The molecule has 0 fully saturated rings. The molecule has 0 aliphatic rings. The van der Waals surface area contributed by atoms with Crippen LogP contribution >= 0.6 is 15.9 Å². The number of benzene rings is 1. The maximum absolute atomic E-state index is 11.1. The fraction of sp³-hybridized carbons (Fsp3) is 0.455. The third-order valence-corrected chi connectivity index (χ3v) is 3.84. The van der Waals surface area contributed by atoms with E-state index in [1.807, 2.05) is 30.1 Å². The topological polar surface area (TPSA) is 57.6 Å². The second-order valence-corrected chi connectivity index (χ2v) is 7.16. The molecule has 0 unspecified atom stereocenters. The van der Waals surface area contributed by atoms with Crippen molar-refractivity contribution in [3.8, 4) is 0 Å². The highest BCUT2D eigenvalue weighted by Gasteiger charge is 2.10. The second kappa shape index (κ2) is 5.84. The zero-order chi connectivity index (χ0) is 13.1. The number of hydrogen-bond acceptors (Lipinski definition) is 4. The minimum atomic E-state index is -2.97. The van der Waals surface area contributed by atoms with Gasteiger partial charge in [-0.25, -0.2) is 8.42 Å². The first-order chi connectivity index (χ1) is 7.83. The van der Waals surface area contributed by atoms with Crippen molar-refractivity contribution in [1.29, 1.82) is 0 Å². The maximum atomic E-state index is 11.1. The van der Waals surface area contributed by atoms with Crippen LogP contribution < -0.4 is 4.90 Å². The Morgan fingerprint density at radius 3 is 2.59 bits per heavy atom. The predicted molar refractivity (Wildman–Crippen MR) is 73.0 cm³/mol. The van der Waals surface area contributed by atoms with Crippen molar-refractivity contribution in [2.75, 3.05) is 30.5 Å². The summed E-state index contributed by atoms with van der Waals surface area (Å²) in [7, 11) is -1.16. The number of rotatable bonds is 5. The van der Waals surface area contributed by atoms with E-state index < -0.39 is 9.84 Å². The average Bonchev–Trinajstić information content (AvgIpc) is 2.24. The first-order valence-electron chi connectivity index (χ1n) is 5.11. The van der Waals surface area contributed by atoms with E-state index in [-0.39, 0.29) is 12.4 Å². The summed E-state index contributed by atoms with van der Waals surface area (Å²) in [5.74, 6) is 0.102. The Morgan fingerprint density at radius 2 is 2.06 bits per heavy atom. The summed E-state index contributed by atoms with van der Waals surface area (Å²) in [6.07, 6.45) is 1.22. The van der Waals surface area contributed by atoms with Crippen LogP contribution in [-0.4, -0.2) is 39.1 Å². The minimum absolute atomic E-state index is 0.0714. The molecular weight excluding hydrogens is 306 g/mol. The van der Waals surface area contributed by atoms with Crippen molar-refractivity contribution in [2.24, 2.45) is 0 Å². The predicted octanol–water partition coefficient (Wildman–Crippen LogP) is 1.42. The number of hydrogen-bond donors (Lipinski definition) is 1. The summed E-state index contributed by atoms with van der Waals surface area (Å²) in [6, 6.07) is 5.55. The van der Waals surface area contributed by atoms with E-state index in [0.29, 0.717) is 6.54 Å². The molecule has 96 valence electrons. The molecule has 0 atom stereocenters. The van der Waals surface area contributed by atoms with E-state index in [2.05, 4.69) is 15.9 Å². The first kappa shape index (κ1) is 14.5. The van der Waals surface area contributed by atoms with Crippen LogP contribution in [0.3, 0.4) is 0 Å². The molecule has 1 aromatic rings. The van der Waals surface area contributed by atoms with Gasteiger partial charge in [-0.1, -0.05) is 15.9 Å². The largest absolute Gasteiger partial charge is 0.392 e. The molecule has 0 bridgehead atoms. The lowest BCUT2D eigenvalue weighted by Gasteiger charge is -2.21. The lowest BCUT2D eigenvalue weighted by atomic mass is 10.2. The van der Waals surface area contributed by atoms with Gasteiger partial charge in [0, 0.05) is 35.6 Å². The van der Waals surface area contributed by atoms with E-state index in [0.717, 1.165) is 15.7 Å². The highest BCUT2D eigenvalue weighted by Crippen LogP contribution is 2.23. The second-order valence-electron chi connectivity index (χ2n) is 3.98. The Balaban J connectivity index is 2.85. The molecule has 0 radical (unpaired) electrons. The van der Waals surface area contributed by atoms with Crippen LogP contribution in [-0.2, 0) is 16.4 Å². The number of nitrogens with zero attached hydrogens (tertiary/aromatic N) is 1. The summed E-state index contributed by atoms with van der Waals surface area (Å²) in [6.45, 7) is 0.339. The van der Waals surface area contributed by atoms with Gasteiger partial charge in [-0.15, -0.1) is 0 Å². The first-order valence-corrected chi connectivity index (χ1v) is 7.97. The van der Waals surface area contributed by atoms with Gasteiger partial charge in [0.15, 0.2) is 0 Å². The van der Waals surface area contributed by atoms with Crippen LogP contribution in [0.2, 0.25) is 0 Å². The van der Waals surface area contributed by atoms with E-state index in [1.54, 1.807) is 0 Å². The average molecular weight is 322 g/mol. The van der Waals surface area contributed by atoms with Gasteiger partial charge in [-0.2, -0.15) is 0 Å². The van der Waals surface area contributed by atoms with Gasteiger partial charge >= 0.3 is 0 Å². The van der Waals surface area contributed by atoms with E-state index in [4.69, 9.17) is 0 Å². The van der Waals surface area contributed by atoms with Gasteiger partial charge in [0.25, 0.3) is 0 Å². The Morgan fingerprint density at radius 1 is 1.41 bits per heavy atom. The summed E-state index contributed by atoms with van der Waals surface area (Å²) in [5.41, 5.74) is 1.62. The summed E-state index contributed by atoms with van der Waals surface area (Å²) >= 11 is 3.33. The third kappa shape index (κ3) is 4.65. The highest BCUT2D eigenvalue weighted by atomic mass is 79.9. The molecule has 0 amide bonds. The molecule has 0 heterocycles. The SMILES string of the molecule is CN(CCS(C)(=O)=O)c1ccc(Br)cc1CO. The summed E-state index contributed by atoms with van der Waals surface area (Å²) in [4.78, 5) is 1.83. The fourth-order valence-corrected chi connectivity index (χ4v) is 2.49. The molecule has 17 heavy (non-hydrogen) atoms. The van der Waals surface area contributed by atoms with Crippen molar-refractivity contribution in [3.63, 3.8) is 0 Å². The van der Waals surface area contributed by atoms with E-state index in [9.17, 15) is 13.5 Å². The Labute approximate surface area is 110 Å². The van der Waals surface area contributed by atoms with Gasteiger partial charge < -0.3 is 10.0 Å². The molecule has 4 nitrogen and oxygen atoms in total. The molecule has 0 aliphatic carbocycles. The number of aliphatic hydroxyl groups is 1. The smallest absolute Gasteiger partial charge is 0.149 e. The molecule has 0 aliphatic heterocycles. The monoisotopic (exact) mass is 321 g/mol. The Bertz CT molecular complexity index is 487. The van der Waals surface area contributed by atoms with Crippen LogP contribution in [0.4, 0.5) is 5.69 Å². The Hall–Kier alpha value is -0.590.